The summed E-state index contributed by atoms with van der Waals surface area (Å²) in [7, 11) is 0. The van der Waals surface area contributed by atoms with Gasteiger partial charge in [-0.1, -0.05) is 29.8 Å². The second-order valence-electron chi connectivity index (χ2n) is 5.06. The van der Waals surface area contributed by atoms with Gasteiger partial charge in [0.25, 0.3) is 0 Å². The second-order valence-corrected chi connectivity index (χ2v) is 5.06. The quantitative estimate of drug-likeness (QED) is 0.917. The van der Waals surface area contributed by atoms with E-state index < -0.39 is 11.4 Å². The lowest BCUT2D eigenvalue weighted by molar-refractivity contribution is -0.142. The average Bonchev–Trinajstić information content (AvgIpc) is 2.39. The van der Waals surface area contributed by atoms with Gasteiger partial charge in [0.1, 0.15) is 11.2 Å². The molecule has 1 aromatic carbocycles. The number of benzene rings is 1. The van der Waals surface area contributed by atoms with Crippen molar-refractivity contribution in [3.8, 4) is 11.3 Å². The van der Waals surface area contributed by atoms with Crippen molar-refractivity contribution in [3.63, 3.8) is 0 Å². The molecule has 0 amide bonds. The molecule has 0 radical (unpaired) electrons. The van der Waals surface area contributed by atoms with Crippen LogP contribution in [0.15, 0.2) is 36.5 Å². The molecule has 0 saturated carbocycles. The molecule has 0 spiro atoms. The lowest BCUT2D eigenvalue weighted by atomic mass is 9.92. The Morgan fingerprint density at radius 2 is 1.79 bits per heavy atom. The van der Waals surface area contributed by atoms with E-state index in [2.05, 4.69) is 9.97 Å². The van der Waals surface area contributed by atoms with Gasteiger partial charge in [-0.25, -0.2) is 9.97 Å². The fourth-order valence-electron chi connectivity index (χ4n) is 1.64. The van der Waals surface area contributed by atoms with Crippen LogP contribution in [0.25, 0.3) is 11.3 Å². The topological polar surface area (TPSA) is 63.1 Å². The van der Waals surface area contributed by atoms with Gasteiger partial charge in [-0.05, 0) is 26.8 Å². The van der Waals surface area contributed by atoms with Crippen molar-refractivity contribution in [1.82, 2.24) is 9.97 Å². The number of carbonyl (C=O) groups is 1. The normalized spacial score (nSPS) is 11.3. The largest absolute Gasteiger partial charge is 0.481 e. The third-order valence-electron chi connectivity index (χ3n) is 3.10. The number of hydrogen-bond donors (Lipinski definition) is 1. The van der Waals surface area contributed by atoms with Crippen molar-refractivity contribution >= 4 is 5.97 Å². The number of nitrogens with zero attached hydrogens (tertiary/aromatic N) is 2. The van der Waals surface area contributed by atoms with Gasteiger partial charge in [0.15, 0.2) is 0 Å². The van der Waals surface area contributed by atoms with E-state index in [0.717, 1.165) is 11.3 Å². The van der Waals surface area contributed by atoms with Gasteiger partial charge in [-0.2, -0.15) is 0 Å². The van der Waals surface area contributed by atoms with Crippen LogP contribution in [0.5, 0.6) is 0 Å². The maximum absolute atomic E-state index is 11.2. The van der Waals surface area contributed by atoms with Crippen molar-refractivity contribution in [2.75, 3.05) is 0 Å². The highest BCUT2D eigenvalue weighted by molar-refractivity contribution is 5.79. The number of carboxylic acids is 1. The van der Waals surface area contributed by atoms with E-state index in [-0.39, 0.29) is 0 Å². The molecule has 0 aliphatic heterocycles. The third kappa shape index (κ3) is 2.62. The van der Waals surface area contributed by atoms with Gasteiger partial charge in [0.05, 0.1) is 5.69 Å². The summed E-state index contributed by atoms with van der Waals surface area (Å²) in [4.78, 5) is 19.7. The Bertz CT molecular complexity index is 604. The molecule has 0 bridgehead atoms. The molecule has 0 aliphatic rings. The predicted molar refractivity (Wildman–Crippen MR) is 72.9 cm³/mol. The Balaban J connectivity index is 2.45. The summed E-state index contributed by atoms with van der Waals surface area (Å²) < 4.78 is 0. The number of aromatic nitrogens is 2. The van der Waals surface area contributed by atoms with Crippen LogP contribution in [0.1, 0.15) is 25.2 Å². The number of hydrogen-bond acceptors (Lipinski definition) is 3. The minimum absolute atomic E-state index is 0.318. The highest BCUT2D eigenvalue weighted by atomic mass is 16.4. The van der Waals surface area contributed by atoms with E-state index in [1.165, 1.54) is 5.56 Å². The summed E-state index contributed by atoms with van der Waals surface area (Å²) in [6, 6.07) is 9.72. The van der Waals surface area contributed by atoms with E-state index in [1.54, 1.807) is 26.1 Å². The maximum atomic E-state index is 11.2. The van der Waals surface area contributed by atoms with Gasteiger partial charge < -0.3 is 5.11 Å². The maximum Gasteiger partial charge on any atom is 0.316 e. The van der Waals surface area contributed by atoms with Crippen LogP contribution in [0.4, 0.5) is 0 Å². The van der Waals surface area contributed by atoms with E-state index in [0.29, 0.717) is 5.82 Å². The first-order valence-corrected chi connectivity index (χ1v) is 6.05. The zero-order valence-electron chi connectivity index (χ0n) is 11.2. The van der Waals surface area contributed by atoms with Gasteiger partial charge >= 0.3 is 5.97 Å². The highest BCUT2D eigenvalue weighted by Gasteiger charge is 2.32. The molecule has 0 fully saturated rings. The first-order valence-electron chi connectivity index (χ1n) is 6.05. The summed E-state index contributed by atoms with van der Waals surface area (Å²) in [5.74, 6) is -0.619. The molecule has 2 rings (SSSR count). The Morgan fingerprint density at radius 3 is 2.37 bits per heavy atom. The van der Waals surface area contributed by atoms with Crippen molar-refractivity contribution in [2.24, 2.45) is 0 Å². The van der Waals surface area contributed by atoms with Gasteiger partial charge in [-0.15, -0.1) is 0 Å². The van der Waals surface area contributed by atoms with Crippen LogP contribution < -0.4 is 0 Å². The Morgan fingerprint density at radius 1 is 1.16 bits per heavy atom. The molecule has 1 aromatic heterocycles. The molecule has 0 aliphatic carbocycles. The molecule has 2 aromatic rings. The second kappa shape index (κ2) is 4.80. The highest BCUT2D eigenvalue weighted by Crippen LogP contribution is 2.23. The van der Waals surface area contributed by atoms with E-state index in [1.807, 2.05) is 31.2 Å². The average molecular weight is 256 g/mol. The fourth-order valence-corrected chi connectivity index (χ4v) is 1.64. The van der Waals surface area contributed by atoms with Crippen LogP contribution in [0, 0.1) is 6.92 Å². The van der Waals surface area contributed by atoms with Gasteiger partial charge in [0, 0.05) is 11.8 Å². The summed E-state index contributed by atoms with van der Waals surface area (Å²) in [6.07, 6.45) is 1.60. The Labute approximate surface area is 112 Å². The van der Waals surface area contributed by atoms with Crippen molar-refractivity contribution in [2.45, 2.75) is 26.2 Å². The standard InChI is InChI=1S/C15H16N2O2/c1-10-4-6-11(7-5-10)12-8-9-16-13(17-12)15(2,3)14(18)19/h4-9H,1-3H3,(H,18,19). The molecule has 1 heterocycles. The minimum Gasteiger partial charge on any atom is -0.481 e. The van der Waals surface area contributed by atoms with Crippen LogP contribution in [0.2, 0.25) is 0 Å². The molecule has 0 saturated heterocycles. The SMILES string of the molecule is Cc1ccc(-c2ccnc(C(C)(C)C(=O)O)n2)cc1. The number of aliphatic carboxylic acids is 1. The Kier molecular flexibility index (Phi) is 3.34. The first-order chi connectivity index (χ1) is 8.91. The zero-order chi connectivity index (χ0) is 14.0. The third-order valence-corrected chi connectivity index (χ3v) is 3.10. The lowest BCUT2D eigenvalue weighted by Gasteiger charge is -2.17. The molecule has 4 nitrogen and oxygen atoms in total. The van der Waals surface area contributed by atoms with Crippen LogP contribution in [-0.2, 0) is 10.2 Å². The fraction of sp³-hybridized carbons (Fsp3) is 0.267. The number of rotatable bonds is 3. The summed E-state index contributed by atoms with van der Waals surface area (Å²) >= 11 is 0. The first kappa shape index (κ1) is 13.2. The van der Waals surface area contributed by atoms with E-state index in [9.17, 15) is 9.90 Å². The summed E-state index contributed by atoms with van der Waals surface area (Å²) in [5, 5.41) is 9.21. The molecule has 1 N–H and O–H groups in total. The van der Waals surface area contributed by atoms with Crippen molar-refractivity contribution in [3.05, 3.63) is 47.9 Å². The van der Waals surface area contributed by atoms with Crippen molar-refractivity contribution in [1.29, 1.82) is 0 Å². The number of carboxylic acid groups (broad SMARTS) is 1. The van der Waals surface area contributed by atoms with Gasteiger partial charge in [0.2, 0.25) is 0 Å². The van der Waals surface area contributed by atoms with E-state index >= 15 is 0 Å². The molecule has 0 atom stereocenters. The number of aryl methyl sites for hydroxylation is 1. The monoisotopic (exact) mass is 256 g/mol. The molecular weight excluding hydrogens is 240 g/mol. The predicted octanol–water partition coefficient (Wildman–Crippen LogP) is 2.81. The molecule has 98 valence electrons. The van der Waals surface area contributed by atoms with Gasteiger partial charge in [-0.3, -0.25) is 4.79 Å². The van der Waals surface area contributed by atoms with Crippen LogP contribution in [0.3, 0.4) is 0 Å². The Hall–Kier alpha value is -2.23. The van der Waals surface area contributed by atoms with Crippen LogP contribution >= 0.6 is 0 Å². The summed E-state index contributed by atoms with van der Waals surface area (Å²) in [5.41, 5.74) is 1.76. The smallest absolute Gasteiger partial charge is 0.316 e. The molecule has 4 heteroatoms. The van der Waals surface area contributed by atoms with Crippen molar-refractivity contribution < 1.29 is 9.90 Å². The molecule has 19 heavy (non-hydrogen) atoms. The lowest BCUT2D eigenvalue weighted by Crippen LogP contribution is -2.30. The minimum atomic E-state index is -1.10. The summed E-state index contributed by atoms with van der Waals surface area (Å²) in [6.45, 7) is 5.22. The molecule has 0 unspecified atom stereocenters. The van der Waals surface area contributed by atoms with E-state index in [4.69, 9.17) is 0 Å². The molecular formula is C15H16N2O2. The van der Waals surface area contributed by atoms with Crippen LogP contribution in [-0.4, -0.2) is 21.0 Å². The zero-order valence-corrected chi connectivity index (χ0v) is 11.2.